The lowest BCUT2D eigenvalue weighted by Gasteiger charge is -2.22. The maximum atomic E-state index is 12.9. The van der Waals surface area contributed by atoms with Crippen LogP contribution in [0.3, 0.4) is 0 Å². The molecular formula is C24H34N6O6. The fourth-order valence-corrected chi connectivity index (χ4v) is 3.59. The second-order valence-electron chi connectivity index (χ2n) is 8.72. The summed E-state index contributed by atoms with van der Waals surface area (Å²) >= 11 is 0. The van der Waals surface area contributed by atoms with Gasteiger partial charge in [-0.1, -0.05) is 38.5 Å². The number of nitrogens with two attached hydrogens (primary N) is 2. The van der Waals surface area contributed by atoms with Gasteiger partial charge in [0, 0.05) is 29.9 Å². The number of primary amides is 1. The number of H-pyrrole nitrogens is 1. The van der Waals surface area contributed by atoms with Crippen LogP contribution < -0.4 is 27.4 Å². The number of aliphatic carboxylic acids is 1. The average molecular weight is 503 g/mol. The summed E-state index contributed by atoms with van der Waals surface area (Å²) in [5.41, 5.74) is 12.5. The van der Waals surface area contributed by atoms with Gasteiger partial charge in [-0.3, -0.25) is 19.2 Å². The summed E-state index contributed by atoms with van der Waals surface area (Å²) in [6.07, 6.45) is 1.98. The number of carboxylic acids is 1. The molecule has 196 valence electrons. The van der Waals surface area contributed by atoms with Crippen LogP contribution >= 0.6 is 0 Å². The number of fused-ring (bicyclic) bond motifs is 1. The van der Waals surface area contributed by atoms with Crippen LogP contribution in [-0.4, -0.2) is 64.4 Å². The zero-order valence-corrected chi connectivity index (χ0v) is 20.4. The summed E-state index contributed by atoms with van der Waals surface area (Å²) in [4.78, 5) is 63.7. The fourth-order valence-electron chi connectivity index (χ4n) is 3.59. The number of amides is 4. The average Bonchev–Trinajstić information content (AvgIpc) is 3.26. The molecule has 2 aromatic rings. The Morgan fingerprint density at radius 2 is 1.75 bits per heavy atom. The molecular weight excluding hydrogens is 468 g/mol. The molecule has 1 aromatic carbocycles. The summed E-state index contributed by atoms with van der Waals surface area (Å²) in [6, 6.07) is 4.01. The van der Waals surface area contributed by atoms with Crippen LogP contribution in [0.4, 0.5) is 0 Å². The Morgan fingerprint density at radius 3 is 2.39 bits per heavy atom. The fraction of sp³-hybridized carbons (Fsp3) is 0.458. The van der Waals surface area contributed by atoms with Crippen LogP contribution in [0.1, 0.15) is 38.7 Å². The third-order valence-electron chi connectivity index (χ3n) is 6.03. The van der Waals surface area contributed by atoms with Crippen molar-refractivity contribution < 1.29 is 29.1 Å². The standard InChI is InChI=1S/C24H34N6O6/c1-3-13(2)21(26)23(34)28-12-20(32)29-17(8-9-19(25)31)22(33)30-18(24(35)36)10-14-11-27-16-7-5-4-6-15(14)16/h4-7,11,13,17-18,21,27H,3,8-10,12,26H2,1-2H3,(H2,25,31)(H,28,34)(H,29,32)(H,30,33)(H,35,36). The Morgan fingerprint density at radius 1 is 1.06 bits per heavy atom. The maximum Gasteiger partial charge on any atom is 0.326 e. The van der Waals surface area contributed by atoms with Gasteiger partial charge in [-0.25, -0.2) is 4.79 Å². The van der Waals surface area contributed by atoms with Gasteiger partial charge in [-0.15, -0.1) is 0 Å². The summed E-state index contributed by atoms with van der Waals surface area (Å²) < 4.78 is 0. The normalized spacial score (nSPS) is 14.3. The highest BCUT2D eigenvalue weighted by Gasteiger charge is 2.28. The second kappa shape index (κ2) is 13.2. The SMILES string of the molecule is CCC(C)C(N)C(=O)NCC(=O)NC(CCC(N)=O)C(=O)NC(Cc1c[nH]c2ccccc12)C(=O)O. The van der Waals surface area contributed by atoms with Crippen molar-refractivity contribution in [3.63, 3.8) is 0 Å². The van der Waals surface area contributed by atoms with Gasteiger partial charge in [-0.2, -0.15) is 0 Å². The van der Waals surface area contributed by atoms with E-state index in [-0.39, 0.29) is 25.2 Å². The van der Waals surface area contributed by atoms with Gasteiger partial charge in [0.15, 0.2) is 0 Å². The lowest BCUT2D eigenvalue weighted by Crippen LogP contribution is -2.54. The molecule has 0 bridgehead atoms. The number of carboxylic acid groups (broad SMARTS) is 1. The van der Waals surface area contributed by atoms with Crippen LogP contribution in [0.15, 0.2) is 30.5 Å². The van der Waals surface area contributed by atoms with Crippen LogP contribution in [0.25, 0.3) is 10.9 Å². The van der Waals surface area contributed by atoms with E-state index in [1.807, 2.05) is 38.1 Å². The van der Waals surface area contributed by atoms with Crippen molar-refractivity contribution in [2.24, 2.45) is 17.4 Å². The highest BCUT2D eigenvalue weighted by Crippen LogP contribution is 2.19. The molecule has 9 N–H and O–H groups in total. The van der Waals surface area contributed by atoms with Crippen LogP contribution in [0.5, 0.6) is 0 Å². The van der Waals surface area contributed by atoms with E-state index >= 15 is 0 Å². The zero-order valence-electron chi connectivity index (χ0n) is 20.4. The molecule has 4 unspecified atom stereocenters. The van der Waals surface area contributed by atoms with Crippen LogP contribution in [0, 0.1) is 5.92 Å². The molecule has 0 spiro atoms. The van der Waals surface area contributed by atoms with E-state index in [4.69, 9.17) is 11.5 Å². The number of benzene rings is 1. The van der Waals surface area contributed by atoms with E-state index in [1.54, 1.807) is 6.20 Å². The van der Waals surface area contributed by atoms with E-state index in [1.165, 1.54) is 0 Å². The Bertz CT molecular complexity index is 1100. The monoisotopic (exact) mass is 502 g/mol. The minimum Gasteiger partial charge on any atom is -0.480 e. The molecule has 1 aromatic heterocycles. The largest absolute Gasteiger partial charge is 0.480 e. The lowest BCUT2D eigenvalue weighted by molar-refractivity contribution is -0.142. The molecule has 0 saturated carbocycles. The summed E-state index contributed by atoms with van der Waals surface area (Å²) in [5, 5.41) is 17.8. The molecule has 0 radical (unpaired) electrons. The first-order chi connectivity index (χ1) is 17.0. The number of nitrogens with one attached hydrogen (secondary N) is 4. The quantitative estimate of drug-likeness (QED) is 0.180. The maximum absolute atomic E-state index is 12.9. The molecule has 0 aliphatic heterocycles. The van der Waals surface area contributed by atoms with Gasteiger partial charge in [0.05, 0.1) is 12.6 Å². The summed E-state index contributed by atoms with van der Waals surface area (Å²) in [7, 11) is 0. The number of aromatic amines is 1. The molecule has 1 heterocycles. The molecule has 0 saturated heterocycles. The first-order valence-electron chi connectivity index (χ1n) is 11.7. The van der Waals surface area contributed by atoms with Gasteiger partial charge in [0.2, 0.25) is 23.6 Å². The summed E-state index contributed by atoms with van der Waals surface area (Å²) in [5.74, 6) is -4.05. The van der Waals surface area contributed by atoms with E-state index < -0.39 is 54.3 Å². The topological polar surface area (TPSA) is 209 Å². The van der Waals surface area contributed by atoms with Crippen LogP contribution in [0.2, 0.25) is 0 Å². The number of hydrogen-bond donors (Lipinski definition) is 7. The van der Waals surface area contributed by atoms with Crippen LogP contribution in [-0.2, 0) is 30.4 Å². The number of hydrogen-bond acceptors (Lipinski definition) is 6. The van der Waals surface area contributed by atoms with Gasteiger partial charge >= 0.3 is 5.97 Å². The van der Waals surface area contributed by atoms with Gasteiger partial charge < -0.3 is 37.5 Å². The molecule has 0 aliphatic rings. The number of para-hydroxylation sites is 1. The van der Waals surface area contributed by atoms with Crippen molar-refractivity contribution >= 4 is 40.5 Å². The first-order valence-corrected chi connectivity index (χ1v) is 11.7. The molecule has 2 rings (SSSR count). The Labute approximate surface area is 208 Å². The molecule has 36 heavy (non-hydrogen) atoms. The van der Waals surface area contributed by atoms with Crippen molar-refractivity contribution in [3.8, 4) is 0 Å². The number of carbonyl (C=O) groups is 5. The highest BCUT2D eigenvalue weighted by atomic mass is 16.4. The zero-order chi connectivity index (χ0) is 26.8. The Balaban J connectivity index is 2.06. The first kappa shape index (κ1) is 28.3. The minimum absolute atomic E-state index is 0.00880. The third-order valence-corrected chi connectivity index (χ3v) is 6.03. The Hall–Kier alpha value is -3.93. The molecule has 4 atom stereocenters. The molecule has 0 aliphatic carbocycles. The molecule has 12 nitrogen and oxygen atoms in total. The van der Waals surface area contributed by atoms with E-state index in [0.29, 0.717) is 12.0 Å². The predicted octanol–water partition coefficient (Wildman–Crippen LogP) is -0.480. The highest BCUT2D eigenvalue weighted by molar-refractivity contribution is 5.93. The second-order valence-corrected chi connectivity index (χ2v) is 8.72. The van der Waals surface area contributed by atoms with Gasteiger partial charge in [0.25, 0.3) is 0 Å². The number of carbonyl (C=O) groups excluding carboxylic acids is 4. The van der Waals surface area contributed by atoms with Crippen molar-refractivity contribution in [1.29, 1.82) is 0 Å². The number of rotatable bonds is 14. The summed E-state index contributed by atoms with van der Waals surface area (Å²) in [6.45, 7) is 3.25. The molecule has 0 fully saturated rings. The molecule has 4 amide bonds. The third kappa shape index (κ3) is 8.08. The Kier molecular flexibility index (Phi) is 10.4. The number of aromatic nitrogens is 1. The molecule has 12 heteroatoms. The predicted molar refractivity (Wildman–Crippen MR) is 132 cm³/mol. The smallest absolute Gasteiger partial charge is 0.326 e. The van der Waals surface area contributed by atoms with Crippen molar-refractivity contribution in [3.05, 3.63) is 36.0 Å². The van der Waals surface area contributed by atoms with Gasteiger partial charge in [0.1, 0.15) is 12.1 Å². The van der Waals surface area contributed by atoms with Crippen molar-refractivity contribution in [2.75, 3.05) is 6.54 Å². The van der Waals surface area contributed by atoms with Crippen molar-refractivity contribution in [1.82, 2.24) is 20.9 Å². The van der Waals surface area contributed by atoms with E-state index in [9.17, 15) is 29.1 Å². The van der Waals surface area contributed by atoms with E-state index in [0.717, 1.165) is 10.9 Å². The van der Waals surface area contributed by atoms with E-state index in [2.05, 4.69) is 20.9 Å². The van der Waals surface area contributed by atoms with Crippen molar-refractivity contribution in [2.45, 2.75) is 57.7 Å². The lowest BCUT2D eigenvalue weighted by atomic mass is 9.99. The van der Waals surface area contributed by atoms with Gasteiger partial charge in [-0.05, 0) is 24.0 Å². The minimum atomic E-state index is -1.29.